The lowest BCUT2D eigenvalue weighted by Gasteiger charge is -2.17. The standard InChI is InChI=1S/C50H38N4O8/c55-45(27-8-16-35(17-9-27)53-47(57)41-29-4-5-30(24-29)42(41)48(53)58)51-33-12-20-37(21-13-33)61-39-2-1-3-40(26-39)62-38-22-14-34(15-23-38)52-46(56)28-10-18-36(19-11-28)54-49(59)43-31-6-7-32(25-31)44(43)50(54)60/h1-23,26,29-32,41-44H,24-25H2,(H,51,55)(H,52,56)/t29-,30-,31-,32-,41-,42+,43+,44+/m0/s1. The maximum absolute atomic E-state index is 13.2. The molecule has 8 atom stereocenters. The second-order valence-electron chi connectivity index (χ2n) is 16.8. The van der Waals surface area contributed by atoms with E-state index < -0.39 is 0 Å². The quantitative estimate of drug-likeness (QED) is 0.105. The number of rotatable bonds is 10. The lowest BCUT2D eigenvalue weighted by Crippen LogP contribution is -2.32. The average molecular weight is 823 g/mol. The fourth-order valence-corrected chi connectivity index (χ4v) is 10.3. The predicted octanol–water partition coefficient (Wildman–Crippen LogP) is 8.40. The number of allylic oxidation sites excluding steroid dienone is 4. The zero-order valence-corrected chi connectivity index (χ0v) is 33.0. The minimum atomic E-state index is -0.337. The van der Waals surface area contributed by atoms with Gasteiger partial charge in [-0.25, -0.2) is 0 Å². The van der Waals surface area contributed by atoms with Gasteiger partial charge in [0.05, 0.1) is 35.0 Å². The summed E-state index contributed by atoms with van der Waals surface area (Å²) in [6, 6.07) is 34.0. The minimum absolute atomic E-state index is 0.131. The van der Waals surface area contributed by atoms with Crippen molar-refractivity contribution in [3.63, 3.8) is 0 Å². The van der Waals surface area contributed by atoms with Crippen molar-refractivity contribution in [1.82, 2.24) is 0 Å². The van der Waals surface area contributed by atoms with Crippen LogP contribution in [0.3, 0.4) is 0 Å². The van der Waals surface area contributed by atoms with Gasteiger partial charge in [0.2, 0.25) is 23.6 Å². The van der Waals surface area contributed by atoms with Crippen LogP contribution in [0.25, 0.3) is 0 Å². The number of hydrogen-bond acceptors (Lipinski definition) is 8. The number of carbonyl (C=O) groups excluding carboxylic acids is 6. The van der Waals surface area contributed by atoms with Crippen LogP contribution in [0.5, 0.6) is 23.0 Å². The number of benzene rings is 5. The Kier molecular flexibility index (Phi) is 8.78. The summed E-state index contributed by atoms with van der Waals surface area (Å²) in [6.45, 7) is 0. The third kappa shape index (κ3) is 6.29. The van der Waals surface area contributed by atoms with Gasteiger partial charge in [0.15, 0.2) is 0 Å². The SMILES string of the molecule is O=C(Nc1ccc(Oc2cccc(Oc3ccc(NC(=O)c4ccc(N5C(=O)[C@H]6[C@H](C5=O)[C@H]5C=C[C@H]6C5)cc4)cc3)c2)cc1)c1ccc(N2C(=O)[C@@H]3[C@H](C2=O)[C@H]2C=C[C@H]3C2)cc1. The summed E-state index contributed by atoms with van der Waals surface area (Å²) in [6.07, 6.45) is 10.00. The highest BCUT2D eigenvalue weighted by Gasteiger charge is 2.60. The van der Waals surface area contributed by atoms with Crippen molar-refractivity contribution in [1.29, 1.82) is 0 Å². The molecule has 62 heavy (non-hydrogen) atoms. The first-order chi connectivity index (χ1) is 30.2. The Morgan fingerprint density at radius 1 is 0.435 bits per heavy atom. The van der Waals surface area contributed by atoms with E-state index in [1.807, 2.05) is 0 Å². The van der Waals surface area contributed by atoms with E-state index in [2.05, 4.69) is 34.9 Å². The van der Waals surface area contributed by atoms with Crippen LogP contribution < -0.4 is 29.9 Å². The molecule has 2 saturated heterocycles. The van der Waals surface area contributed by atoms with Gasteiger partial charge in [0.1, 0.15) is 23.0 Å². The van der Waals surface area contributed by atoms with Crippen LogP contribution in [0.15, 0.2) is 146 Å². The first-order valence-corrected chi connectivity index (χ1v) is 20.8. The second kappa shape index (κ2) is 14.5. The third-order valence-corrected chi connectivity index (χ3v) is 13.2. The molecule has 0 radical (unpaired) electrons. The number of hydrogen-bond donors (Lipinski definition) is 2. The summed E-state index contributed by atoms with van der Waals surface area (Å²) >= 11 is 0. The molecule has 4 fully saturated rings. The molecule has 2 N–H and O–H groups in total. The van der Waals surface area contributed by atoms with Gasteiger partial charge in [-0.15, -0.1) is 0 Å². The molecule has 6 amide bonds. The molecule has 0 aromatic heterocycles. The topological polar surface area (TPSA) is 151 Å². The van der Waals surface area contributed by atoms with E-state index in [0.29, 0.717) is 56.9 Å². The monoisotopic (exact) mass is 822 g/mol. The van der Waals surface area contributed by atoms with Gasteiger partial charge in [-0.1, -0.05) is 30.4 Å². The Morgan fingerprint density at radius 3 is 1.11 bits per heavy atom. The number of ether oxygens (including phenoxy) is 2. The highest BCUT2D eigenvalue weighted by atomic mass is 16.5. The molecule has 5 aromatic rings. The van der Waals surface area contributed by atoms with E-state index in [1.54, 1.807) is 121 Å². The zero-order chi connectivity index (χ0) is 42.2. The highest BCUT2D eigenvalue weighted by Crippen LogP contribution is 2.54. The van der Waals surface area contributed by atoms with E-state index in [0.717, 1.165) is 12.8 Å². The summed E-state index contributed by atoms with van der Waals surface area (Å²) in [5.41, 5.74) is 2.84. The first-order valence-electron chi connectivity index (χ1n) is 20.8. The Balaban J connectivity index is 0.665. The van der Waals surface area contributed by atoms with Gasteiger partial charge in [0, 0.05) is 28.6 Å². The first kappa shape index (κ1) is 37.4. The Hall–Kier alpha value is -7.60. The summed E-state index contributed by atoms with van der Waals surface area (Å²) in [5, 5.41) is 5.75. The molecular formula is C50H38N4O8. The van der Waals surface area contributed by atoms with E-state index in [1.165, 1.54) is 9.80 Å². The average Bonchev–Trinajstić information content (AvgIpc) is 4.16. The predicted molar refractivity (Wildman–Crippen MR) is 229 cm³/mol. The van der Waals surface area contributed by atoms with Crippen molar-refractivity contribution in [3.8, 4) is 23.0 Å². The summed E-state index contributed by atoms with van der Waals surface area (Å²) < 4.78 is 12.1. The number of imide groups is 2. The second-order valence-corrected chi connectivity index (χ2v) is 16.8. The van der Waals surface area contributed by atoms with E-state index >= 15 is 0 Å². The van der Waals surface area contributed by atoms with E-state index in [9.17, 15) is 28.8 Å². The van der Waals surface area contributed by atoms with Crippen molar-refractivity contribution in [3.05, 3.63) is 157 Å². The molecule has 12 heteroatoms. The number of nitrogens with zero attached hydrogens (tertiary/aromatic N) is 2. The van der Waals surface area contributed by atoms with Crippen LogP contribution in [0.1, 0.15) is 33.6 Å². The van der Waals surface area contributed by atoms with Crippen LogP contribution >= 0.6 is 0 Å². The van der Waals surface area contributed by atoms with Crippen LogP contribution in [0.2, 0.25) is 0 Å². The van der Waals surface area contributed by atoms with Crippen molar-refractivity contribution in [2.45, 2.75) is 12.8 Å². The lowest BCUT2D eigenvalue weighted by molar-refractivity contribution is -0.124. The summed E-state index contributed by atoms with van der Waals surface area (Å²) in [4.78, 5) is 81.4. The number of fused-ring (bicyclic) bond motifs is 10. The maximum atomic E-state index is 13.2. The molecule has 4 aliphatic carbocycles. The summed E-state index contributed by atoms with van der Waals surface area (Å²) in [7, 11) is 0. The Labute approximate surface area is 355 Å². The van der Waals surface area contributed by atoms with Gasteiger partial charge < -0.3 is 20.1 Å². The fraction of sp³-hybridized carbons (Fsp3) is 0.200. The molecule has 0 spiro atoms. The van der Waals surface area contributed by atoms with Crippen LogP contribution in [0, 0.1) is 47.3 Å². The molecule has 11 rings (SSSR count). The molecule has 6 aliphatic rings. The molecular weight excluding hydrogens is 785 g/mol. The number of anilines is 4. The molecule has 306 valence electrons. The van der Waals surface area contributed by atoms with Crippen molar-refractivity contribution >= 4 is 58.2 Å². The molecule has 2 aliphatic heterocycles. The third-order valence-electron chi connectivity index (χ3n) is 13.2. The molecule has 0 unspecified atom stereocenters. The van der Waals surface area contributed by atoms with Crippen LogP contribution in [-0.4, -0.2) is 35.4 Å². The van der Waals surface area contributed by atoms with Gasteiger partial charge >= 0.3 is 0 Å². The fourth-order valence-electron chi connectivity index (χ4n) is 10.3. The maximum Gasteiger partial charge on any atom is 0.255 e. The number of carbonyl (C=O) groups is 6. The van der Waals surface area contributed by atoms with Crippen molar-refractivity contribution in [2.75, 3.05) is 20.4 Å². The Bertz CT molecular complexity index is 2520. The van der Waals surface area contributed by atoms with Gasteiger partial charge in [-0.2, -0.15) is 0 Å². The molecule has 4 bridgehead atoms. The normalized spacial score (nSPS) is 26.0. The van der Waals surface area contributed by atoms with Crippen molar-refractivity contribution in [2.24, 2.45) is 47.3 Å². The minimum Gasteiger partial charge on any atom is -0.457 e. The Morgan fingerprint density at radius 2 is 0.774 bits per heavy atom. The van der Waals surface area contributed by atoms with E-state index in [4.69, 9.17) is 9.47 Å². The molecule has 2 heterocycles. The van der Waals surface area contributed by atoms with Crippen LogP contribution in [-0.2, 0) is 19.2 Å². The molecule has 2 saturated carbocycles. The lowest BCUT2D eigenvalue weighted by atomic mass is 9.85. The molecule has 5 aromatic carbocycles. The molecule has 12 nitrogen and oxygen atoms in total. The number of nitrogens with one attached hydrogen (secondary N) is 2. The van der Waals surface area contributed by atoms with Gasteiger partial charge in [-0.3, -0.25) is 38.6 Å². The van der Waals surface area contributed by atoms with Crippen LogP contribution in [0.4, 0.5) is 22.7 Å². The number of amides is 6. The smallest absolute Gasteiger partial charge is 0.255 e. The highest BCUT2D eigenvalue weighted by molar-refractivity contribution is 6.24. The van der Waals surface area contributed by atoms with E-state index in [-0.39, 0.29) is 82.8 Å². The summed E-state index contributed by atoms with van der Waals surface area (Å²) in [5.74, 6) is 0.237. The van der Waals surface area contributed by atoms with Gasteiger partial charge in [0.25, 0.3) is 11.8 Å². The zero-order valence-electron chi connectivity index (χ0n) is 33.0. The van der Waals surface area contributed by atoms with Gasteiger partial charge in [-0.05, 0) is 146 Å². The van der Waals surface area contributed by atoms with Crippen molar-refractivity contribution < 1.29 is 38.2 Å². The largest absolute Gasteiger partial charge is 0.457 e.